The maximum Gasteiger partial charge on any atom is 0.344 e. The average Bonchev–Trinajstić information content (AvgIpc) is 2.82. The van der Waals surface area contributed by atoms with Crippen LogP contribution in [0.25, 0.3) is 11.3 Å². The summed E-state index contributed by atoms with van der Waals surface area (Å²) in [7, 11) is 0. The number of carbonyl (C=O) groups is 1. The molecule has 7 heteroatoms. The molecule has 0 amide bonds. The molecule has 0 aliphatic heterocycles. The molecule has 0 fully saturated rings. The van der Waals surface area contributed by atoms with Crippen LogP contribution in [-0.4, -0.2) is 35.7 Å². The Bertz CT molecular complexity index is 1060. The number of ether oxygens (including phenoxy) is 2. The largest absolute Gasteiger partial charge is 0.482 e. The third-order valence-corrected chi connectivity index (χ3v) is 5.38. The van der Waals surface area contributed by atoms with Gasteiger partial charge in [-0.2, -0.15) is 0 Å². The average molecular weight is 468 g/mol. The fourth-order valence-electron chi connectivity index (χ4n) is 3.42. The first-order valence-electron chi connectivity index (χ1n) is 11.2. The van der Waals surface area contributed by atoms with Gasteiger partial charge >= 0.3 is 5.97 Å². The van der Waals surface area contributed by atoms with E-state index in [1.807, 2.05) is 43.3 Å². The minimum Gasteiger partial charge on any atom is -0.482 e. The van der Waals surface area contributed by atoms with E-state index in [0.717, 1.165) is 47.6 Å². The Morgan fingerprint density at radius 2 is 1.88 bits per heavy atom. The Morgan fingerprint density at radius 1 is 1.09 bits per heavy atom. The second-order valence-electron chi connectivity index (χ2n) is 7.74. The lowest BCUT2D eigenvalue weighted by Crippen LogP contribution is -2.25. The summed E-state index contributed by atoms with van der Waals surface area (Å²) in [5.41, 5.74) is 3.88. The van der Waals surface area contributed by atoms with Gasteiger partial charge in [-0.25, -0.2) is 9.78 Å². The molecule has 0 unspecified atom stereocenters. The summed E-state index contributed by atoms with van der Waals surface area (Å²) in [5.74, 6) is 1.14. The number of halogens is 1. The minimum absolute atomic E-state index is 0.0935. The number of anilines is 1. The highest BCUT2D eigenvalue weighted by atomic mass is 35.5. The van der Waals surface area contributed by atoms with E-state index in [-0.39, 0.29) is 12.6 Å². The first-order valence-corrected chi connectivity index (χ1v) is 11.6. The zero-order chi connectivity index (χ0) is 23.6. The molecule has 6 nitrogen and oxygen atoms in total. The number of benzene rings is 2. The van der Waals surface area contributed by atoms with E-state index in [2.05, 4.69) is 22.9 Å². The van der Waals surface area contributed by atoms with Gasteiger partial charge in [0.2, 0.25) is 0 Å². The number of aryl methyl sites for hydroxylation is 1. The van der Waals surface area contributed by atoms with Crippen molar-refractivity contribution in [3.63, 3.8) is 0 Å². The van der Waals surface area contributed by atoms with Crippen molar-refractivity contribution >= 4 is 23.4 Å². The third kappa shape index (κ3) is 7.19. The standard InChI is InChI=1S/C26H30ClN3O3/c1-4-6-13-30(25-16-28-15-23(29-25)21-8-10-22(27)11-9-21)17-20-7-12-24(19(3)14-20)33-18-26(31)32-5-2/h7-12,14-16H,4-6,13,17-18H2,1-3H3. The van der Waals surface area contributed by atoms with Crippen LogP contribution in [0.15, 0.2) is 54.9 Å². The van der Waals surface area contributed by atoms with Crippen molar-refractivity contribution in [2.45, 2.75) is 40.2 Å². The van der Waals surface area contributed by atoms with Gasteiger partial charge in [-0.3, -0.25) is 4.98 Å². The summed E-state index contributed by atoms with van der Waals surface area (Å²) in [6, 6.07) is 13.6. The maximum atomic E-state index is 11.6. The van der Waals surface area contributed by atoms with Crippen molar-refractivity contribution < 1.29 is 14.3 Å². The number of rotatable bonds is 11. The molecule has 0 bridgehead atoms. The van der Waals surface area contributed by atoms with Crippen molar-refractivity contribution in [3.05, 3.63) is 71.0 Å². The number of hydrogen-bond donors (Lipinski definition) is 0. The van der Waals surface area contributed by atoms with Gasteiger partial charge in [0.25, 0.3) is 0 Å². The van der Waals surface area contributed by atoms with Gasteiger partial charge in [0.1, 0.15) is 11.6 Å². The van der Waals surface area contributed by atoms with Crippen LogP contribution in [0.2, 0.25) is 5.02 Å². The molecule has 0 saturated carbocycles. The number of hydrogen-bond acceptors (Lipinski definition) is 6. The van der Waals surface area contributed by atoms with Crippen molar-refractivity contribution in [1.29, 1.82) is 0 Å². The zero-order valence-electron chi connectivity index (χ0n) is 19.4. The molecule has 2 aromatic carbocycles. The molecule has 174 valence electrons. The second kappa shape index (κ2) is 12.2. The van der Waals surface area contributed by atoms with Crippen LogP contribution in [-0.2, 0) is 16.1 Å². The minimum atomic E-state index is -0.370. The van der Waals surface area contributed by atoms with E-state index < -0.39 is 0 Å². The molecule has 0 atom stereocenters. The van der Waals surface area contributed by atoms with Crippen LogP contribution in [0.3, 0.4) is 0 Å². The highest BCUT2D eigenvalue weighted by molar-refractivity contribution is 6.30. The van der Waals surface area contributed by atoms with E-state index in [9.17, 15) is 4.79 Å². The highest BCUT2D eigenvalue weighted by Gasteiger charge is 2.13. The first-order chi connectivity index (χ1) is 16.0. The van der Waals surface area contributed by atoms with E-state index >= 15 is 0 Å². The van der Waals surface area contributed by atoms with Gasteiger partial charge in [0.15, 0.2) is 6.61 Å². The van der Waals surface area contributed by atoms with E-state index in [0.29, 0.717) is 23.9 Å². The second-order valence-corrected chi connectivity index (χ2v) is 8.17. The molecule has 0 radical (unpaired) electrons. The predicted molar refractivity (Wildman–Crippen MR) is 132 cm³/mol. The lowest BCUT2D eigenvalue weighted by atomic mass is 10.1. The summed E-state index contributed by atoms with van der Waals surface area (Å²) in [5, 5.41) is 0.692. The van der Waals surface area contributed by atoms with Gasteiger partial charge in [-0.1, -0.05) is 49.2 Å². The van der Waals surface area contributed by atoms with Crippen LogP contribution in [0.4, 0.5) is 5.82 Å². The molecule has 1 aromatic heterocycles. The van der Waals surface area contributed by atoms with Gasteiger partial charge in [0.05, 0.1) is 24.7 Å². The Balaban J connectivity index is 1.77. The SMILES string of the molecule is CCCCN(Cc1ccc(OCC(=O)OCC)c(C)c1)c1cncc(-c2ccc(Cl)cc2)n1. The van der Waals surface area contributed by atoms with Crippen molar-refractivity contribution in [2.24, 2.45) is 0 Å². The van der Waals surface area contributed by atoms with Crippen molar-refractivity contribution in [2.75, 3.05) is 24.7 Å². The number of carbonyl (C=O) groups excluding carboxylic acids is 1. The fraction of sp³-hybridized carbons (Fsp3) is 0.346. The van der Waals surface area contributed by atoms with E-state index in [4.69, 9.17) is 26.1 Å². The topological polar surface area (TPSA) is 64.5 Å². The summed E-state index contributed by atoms with van der Waals surface area (Å²) in [4.78, 5) is 23.1. The van der Waals surface area contributed by atoms with Crippen LogP contribution in [0.1, 0.15) is 37.8 Å². The normalized spacial score (nSPS) is 10.7. The van der Waals surface area contributed by atoms with Crippen LogP contribution < -0.4 is 9.64 Å². The summed E-state index contributed by atoms with van der Waals surface area (Å²) >= 11 is 6.03. The first kappa shape index (κ1) is 24.5. The maximum absolute atomic E-state index is 11.6. The molecule has 0 N–H and O–H groups in total. The number of esters is 1. The number of nitrogens with zero attached hydrogens (tertiary/aromatic N) is 3. The number of unbranched alkanes of at least 4 members (excludes halogenated alkanes) is 1. The Morgan fingerprint density at radius 3 is 2.58 bits per heavy atom. The van der Waals surface area contributed by atoms with Gasteiger partial charge in [0, 0.05) is 23.7 Å². The molecule has 33 heavy (non-hydrogen) atoms. The van der Waals surface area contributed by atoms with Gasteiger partial charge < -0.3 is 14.4 Å². The molecule has 0 spiro atoms. The van der Waals surface area contributed by atoms with E-state index in [1.54, 1.807) is 19.3 Å². The van der Waals surface area contributed by atoms with Gasteiger partial charge in [-0.05, 0) is 49.6 Å². The Kier molecular flexibility index (Phi) is 9.07. The lowest BCUT2D eigenvalue weighted by molar-refractivity contribution is -0.145. The molecular formula is C26H30ClN3O3. The fourth-order valence-corrected chi connectivity index (χ4v) is 3.55. The molecule has 0 aliphatic rings. The molecule has 3 aromatic rings. The van der Waals surface area contributed by atoms with Crippen molar-refractivity contribution in [1.82, 2.24) is 9.97 Å². The molecule has 1 heterocycles. The summed E-state index contributed by atoms with van der Waals surface area (Å²) < 4.78 is 10.5. The molecular weight excluding hydrogens is 438 g/mol. The quantitative estimate of drug-likeness (QED) is 0.329. The summed E-state index contributed by atoms with van der Waals surface area (Å²) in [6.07, 6.45) is 5.70. The van der Waals surface area contributed by atoms with Gasteiger partial charge in [-0.15, -0.1) is 0 Å². The monoisotopic (exact) mass is 467 g/mol. The van der Waals surface area contributed by atoms with Crippen LogP contribution in [0, 0.1) is 6.92 Å². The third-order valence-electron chi connectivity index (χ3n) is 5.13. The Hall–Kier alpha value is -3.12. The summed E-state index contributed by atoms with van der Waals surface area (Å²) in [6.45, 7) is 7.74. The van der Waals surface area contributed by atoms with Crippen LogP contribution >= 0.6 is 11.6 Å². The van der Waals surface area contributed by atoms with Crippen LogP contribution in [0.5, 0.6) is 5.75 Å². The molecule has 3 rings (SSSR count). The number of aromatic nitrogens is 2. The van der Waals surface area contributed by atoms with E-state index in [1.165, 1.54) is 0 Å². The molecule has 0 aliphatic carbocycles. The molecule has 0 saturated heterocycles. The Labute approximate surface area is 200 Å². The van der Waals surface area contributed by atoms with Crippen molar-refractivity contribution in [3.8, 4) is 17.0 Å². The lowest BCUT2D eigenvalue weighted by Gasteiger charge is -2.24. The smallest absolute Gasteiger partial charge is 0.344 e. The zero-order valence-corrected chi connectivity index (χ0v) is 20.1. The highest BCUT2D eigenvalue weighted by Crippen LogP contribution is 2.24. The predicted octanol–water partition coefficient (Wildman–Crippen LogP) is 5.85.